The van der Waals surface area contributed by atoms with Crippen molar-refractivity contribution in [3.63, 3.8) is 0 Å². The van der Waals surface area contributed by atoms with Crippen molar-refractivity contribution >= 4 is 11.8 Å². The molecule has 2 aromatic rings. The molecule has 0 unspecified atom stereocenters. The summed E-state index contributed by atoms with van der Waals surface area (Å²) in [6.45, 7) is 1.12. The van der Waals surface area contributed by atoms with Crippen LogP contribution in [0.25, 0.3) is 11.3 Å². The van der Waals surface area contributed by atoms with Crippen LogP contribution in [0.5, 0.6) is 11.5 Å². The second-order valence-electron chi connectivity index (χ2n) is 3.89. The number of nitrogen functional groups attached to an aromatic ring is 2. The molecule has 0 fully saturated rings. The van der Waals surface area contributed by atoms with Gasteiger partial charge in [0.15, 0.2) is 11.5 Å². The van der Waals surface area contributed by atoms with E-state index >= 15 is 0 Å². The molecule has 0 saturated carbocycles. The van der Waals surface area contributed by atoms with E-state index in [1.807, 2.05) is 18.2 Å². The van der Waals surface area contributed by atoms with Crippen LogP contribution in [0, 0.1) is 0 Å². The van der Waals surface area contributed by atoms with Crippen LogP contribution in [0.1, 0.15) is 0 Å². The molecule has 4 N–H and O–H groups in total. The molecule has 1 aromatic carbocycles. The number of fused-ring (bicyclic) bond motifs is 1. The van der Waals surface area contributed by atoms with Gasteiger partial charge in [-0.15, -0.1) is 0 Å². The molecule has 3 rings (SSSR count). The van der Waals surface area contributed by atoms with Crippen LogP contribution in [0.3, 0.4) is 0 Å². The molecule has 0 amide bonds. The van der Waals surface area contributed by atoms with Crippen molar-refractivity contribution in [2.24, 2.45) is 0 Å². The number of hydrogen-bond acceptors (Lipinski definition) is 6. The van der Waals surface area contributed by atoms with Crippen LogP contribution in [0.2, 0.25) is 0 Å². The second kappa shape index (κ2) is 4.06. The number of ether oxygens (including phenoxy) is 2. The van der Waals surface area contributed by atoms with E-state index in [4.69, 9.17) is 20.9 Å². The fourth-order valence-corrected chi connectivity index (χ4v) is 1.84. The van der Waals surface area contributed by atoms with E-state index in [9.17, 15) is 0 Å². The number of benzene rings is 1. The van der Waals surface area contributed by atoms with Gasteiger partial charge in [0, 0.05) is 11.6 Å². The van der Waals surface area contributed by atoms with E-state index in [0.717, 1.165) is 11.3 Å². The number of anilines is 2. The zero-order valence-corrected chi connectivity index (χ0v) is 9.59. The average molecular weight is 244 g/mol. The Morgan fingerprint density at radius 1 is 0.944 bits per heavy atom. The monoisotopic (exact) mass is 244 g/mol. The molecule has 0 radical (unpaired) electrons. The first-order valence-electron chi connectivity index (χ1n) is 5.52. The van der Waals surface area contributed by atoms with Crippen molar-refractivity contribution in [2.45, 2.75) is 0 Å². The Morgan fingerprint density at radius 2 is 1.72 bits per heavy atom. The number of nitrogens with zero attached hydrogens (tertiary/aromatic N) is 2. The second-order valence-corrected chi connectivity index (χ2v) is 3.89. The van der Waals surface area contributed by atoms with Crippen LogP contribution < -0.4 is 20.9 Å². The van der Waals surface area contributed by atoms with E-state index in [1.165, 1.54) is 0 Å². The lowest BCUT2D eigenvalue weighted by Gasteiger charge is -2.18. The minimum atomic E-state index is 0.153. The highest BCUT2D eigenvalue weighted by Crippen LogP contribution is 2.34. The van der Waals surface area contributed by atoms with Crippen LogP contribution >= 0.6 is 0 Å². The lowest BCUT2D eigenvalue weighted by molar-refractivity contribution is 0.171. The summed E-state index contributed by atoms with van der Waals surface area (Å²) in [5, 5.41) is 0. The first-order chi connectivity index (χ1) is 8.72. The maximum Gasteiger partial charge on any atom is 0.222 e. The normalized spacial score (nSPS) is 13.3. The third kappa shape index (κ3) is 1.88. The molecular weight excluding hydrogens is 232 g/mol. The highest BCUT2D eigenvalue weighted by atomic mass is 16.6. The molecule has 0 spiro atoms. The molecule has 18 heavy (non-hydrogen) atoms. The summed E-state index contributed by atoms with van der Waals surface area (Å²) < 4.78 is 11.0. The Balaban J connectivity index is 2.06. The zero-order chi connectivity index (χ0) is 12.5. The largest absolute Gasteiger partial charge is 0.486 e. The van der Waals surface area contributed by atoms with Crippen molar-refractivity contribution in [2.75, 3.05) is 24.7 Å². The predicted molar refractivity (Wildman–Crippen MR) is 67.3 cm³/mol. The SMILES string of the molecule is Nc1cc(-c2ccc3c(c2)OCCO3)nc(N)n1. The molecule has 1 aliphatic rings. The molecular formula is C12H12N4O2. The topological polar surface area (TPSA) is 96.3 Å². The summed E-state index contributed by atoms with van der Waals surface area (Å²) >= 11 is 0. The Bertz CT molecular complexity index is 580. The van der Waals surface area contributed by atoms with Crippen molar-refractivity contribution in [1.29, 1.82) is 0 Å². The van der Waals surface area contributed by atoms with E-state index in [-0.39, 0.29) is 5.95 Å². The minimum Gasteiger partial charge on any atom is -0.486 e. The first kappa shape index (κ1) is 10.6. The highest BCUT2D eigenvalue weighted by Gasteiger charge is 2.13. The van der Waals surface area contributed by atoms with Gasteiger partial charge in [0.25, 0.3) is 0 Å². The van der Waals surface area contributed by atoms with E-state index in [2.05, 4.69) is 9.97 Å². The zero-order valence-electron chi connectivity index (χ0n) is 9.59. The molecule has 0 saturated heterocycles. The lowest BCUT2D eigenvalue weighted by atomic mass is 10.1. The van der Waals surface area contributed by atoms with Crippen LogP contribution in [-0.4, -0.2) is 23.2 Å². The van der Waals surface area contributed by atoms with Gasteiger partial charge in [-0.2, -0.15) is 4.98 Å². The molecule has 0 aliphatic carbocycles. The quantitative estimate of drug-likeness (QED) is 0.779. The Labute approximate surface area is 104 Å². The standard InChI is InChI=1S/C12H12N4O2/c13-11-6-8(15-12(14)16-11)7-1-2-9-10(5-7)18-4-3-17-9/h1-2,5-6H,3-4H2,(H4,13,14,15,16). The van der Waals surface area contributed by atoms with Crippen molar-refractivity contribution in [3.05, 3.63) is 24.3 Å². The molecule has 6 heteroatoms. The fraction of sp³-hybridized carbons (Fsp3) is 0.167. The molecule has 2 heterocycles. The van der Waals surface area contributed by atoms with E-state index < -0.39 is 0 Å². The number of nitrogens with two attached hydrogens (primary N) is 2. The number of hydrogen-bond donors (Lipinski definition) is 2. The van der Waals surface area contributed by atoms with Gasteiger partial charge in [0.1, 0.15) is 19.0 Å². The van der Waals surface area contributed by atoms with E-state index in [1.54, 1.807) is 6.07 Å². The summed E-state index contributed by atoms with van der Waals surface area (Å²) in [6, 6.07) is 7.25. The van der Waals surface area contributed by atoms with Crippen LogP contribution in [0.15, 0.2) is 24.3 Å². The Kier molecular flexibility index (Phi) is 2.40. The number of aromatic nitrogens is 2. The summed E-state index contributed by atoms with van der Waals surface area (Å²) in [7, 11) is 0. The van der Waals surface area contributed by atoms with Gasteiger partial charge >= 0.3 is 0 Å². The number of rotatable bonds is 1. The van der Waals surface area contributed by atoms with Crippen molar-refractivity contribution < 1.29 is 9.47 Å². The van der Waals surface area contributed by atoms with E-state index in [0.29, 0.717) is 30.5 Å². The average Bonchev–Trinajstić information content (AvgIpc) is 2.37. The van der Waals surface area contributed by atoms with Gasteiger partial charge in [-0.25, -0.2) is 4.98 Å². The van der Waals surface area contributed by atoms with Gasteiger partial charge < -0.3 is 20.9 Å². The van der Waals surface area contributed by atoms with Gasteiger partial charge in [-0.3, -0.25) is 0 Å². The van der Waals surface area contributed by atoms with Gasteiger partial charge in [-0.1, -0.05) is 0 Å². The summed E-state index contributed by atoms with van der Waals surface area (Å²) in [5.41, 5.74) is 12.7. The molecule has 0 atom stereocenters. The lowest BCUT2D eigenvalue weighted by Crippen LogP contribution is -2.15. The molecule has 92 valence electrons. The van der Waals surface area contributed by atoms with Gasteiger partial charge in [-0.05, 0) is 18.2 Å². The Morgan fingerprint density at radius 3 is 2.50 bits per heavy atom. The smallest absolute Gasteiger partial charge is 0.222 e. The summed E-state index contributed by atoms with van der Waals surface area (Å²) in [5.74, 6) is 1.93. The third-order valence-electron chi connectivity index (χ3n) is 2.60. The predicted octanol–water partition coefficient (Wildman–Crippen LogP) is 1.08. The van der Waals surface area contributed by atoms with Gasteiger partial charge in [0.05, 0.1) is 5.69 Å². The van der Waals surface area contributed by atoms with Crippen molar-refractivity contribution in [3.8, 4) is 22.8 Å². The van der Waals surface area contributed by atoms with Gasteiger partial charge in [0.2, 0.25) is 5.95 Å². The molecule has 1 aromatic heterocycles. The fourth-order valence-electron chi connectivity index (χ4n) is 1.84. The maximum absolute atomic E-state index is 5.65. The maximum atomic E-state index is 5.65. The summed E-state index contributed by atoms with van der Waals surface area (Å²) in [4.78, 5) is 7.98. The molecule has 6 nitrogen and oxygen atoms in total. The highest BCUT2D eigenvalue weighted by molar-refractivity contribution is 5.67. The third-order valence-corrected chi connectivity index (χ3v) is 2.60. The molecule has 1 aliphatic heterocycles. The van der Waals surface area contributed by atoms with Crippen molar-refractivity contribution in [1.82, 2.24) is 9.97 Å². The Hall–Kier alpha value is -2.50. The first-order valence-corrected chi connectivity index (χ1v) is 5.52. The summed E-state index contributed by atoms with van der Waals surface area (Å²) in [6.07, 6.45) is 0. The minimum absolute atomic E-state index is 0.153. The van der Waals surface area contributed by atoms with Crippen LogP contribution in [0.4, 0.5) is 11.8 Å². The molecule has 0 bridgehead atoms. The van der Waals surface area contributed by atoms with Crippen LogP contribution in [-0.2, 0) is 0 Å².